The predicted molar refractivity (Wildman–Crippen MR) is 193 cm³/mol. The molecule has 2 nitrogen and oxygen atoms in total. The summed E-state index contributed by atoms with van der Waals surface area (Å²) in [4.78, 5) is 0. The summed E-state index contributed by atoms with van der Waals surface area (Å²) >= 11 is 7.08. The van der Waals surface area contributed by atoms with E-state index < -0.39 is 5.41 Å². The van der Waals surface area contributed by atoms with E-state index in [1.807, 2.05) is 0 Å². The summed E-state index contributed by atoms with van der Waals surface area (Å²) in [6.45, 7) is 1.18. The van der Waals surface area contributed by atoms with Crippen LogP contribution in [-0.4, -0.2) is 23.9 Å². The van der Waals surface area contributed by atoms with E-state index in [1.54, 1.807) is 0 Å². The van der Waals surface area contributed by atoms with Crippen LogP contribution in [0.5, 0.6) is 11.5 Å². The molecule has 0 aliphatic heterocycles. The number of ether oxygens (including phenoxy) is 2. The Morgan fingerprint density at radius 3 is 1.24 bits per heavy atom. The lowest BCUT2D eigenvalue weighted by Crippen LogP contribution is -2.29. The number of benzene rings is 6. The lowest BCUT2D eigenvalue weighted by Gasteiger charge is -2.35. The molecule has 0 aromatic heterocycles. The number of fused-ring (bicyclic) bond motifs is 3. The average molecular weight is 717 g/mol. The summed E-state index contributed by atoms with van der Waals surface area (Å²) in [6, 6.07) is 52.3. The van der Waals surface area contributed by atoms with Gasteiger partial charge in [0.25, 0.3) is 0 Å². The minimum Gasteiger partial charge on any atom is -0.492 e. The third-order valence-corrected chi connectivity index (χ3v) is 9.26. The third kappa shape index (κ3) is 5.30. The van der Waals surface area contributed by atoms with Gasteiger partial charge in [-0.3, -0.25) is 0 Å². The molecular formula is C41H32Br2O2. The number of alkyl halides is 2. The molecule has 0 saturated heterocycles. The minimum absolute atomic E-state index is 0.567. The standard InChI is InChI=1S/C41H32Br2O2/c42-23-25-44-39-21-19-31(27-35(39)29-11-3-1-4-12-29)41(37-17-9-7-15-33(37)34-16-8-10-18-38(34)41)32-20-22-40(45-26-24-43)36(28-32)30-13-5-2-6-14-30/h1-22,27-28H,23-26H2. The SMILES string of the molecule is BrCCOc1ccc(C2(c3ccc(OCCBr)c(-c4ccccc4)c3)c3ccccc3-c3ccccc32)cc1-c1ccccc1. The summed E-state index contributed by atoms with van der Waals surface area (Å²) in [6.07, 6.45) is 0. The normalized spacial score (nSPS) is 12.8. The van der Waals surface area contributed by atoms with E-state index in [0.29, 0.717) is 13.2 Å². The van der Waals surface area contributed by atoms with Crippen molar-refractivity contribution in [2.45, 2.75) is 5.41 Å². The van der Waals surface area contributed by atoms with Gasteiger partial charge in [-0.2, -0.15) is 0 Å². The van der Waals surface area contributed by atoms with Crippen molar-refractivity contribution >= 4 is 31.9 Å². The first-order chi connectivity index (χ1) is 22.3. The molecule has 7 rings (SSSR count). The van der Waals surface area contributed by atoms with Crippen molar-refractivity contribution in [2.75, 3.05) is 23.9 Å². The fraction of sp³-hybridized carbons (Fsp3) is 0.122. The summed E-state index contributed by atoms with van der Waals surface area (Å²) in [7, 11) is 0. The van der Waals surface area contributed by atoms with E-state index in [-0.39, 0.29) is 0 Å². The van der Waals surface area contributed by atoms with Crippen molar-refractivity contribution < 1.29 is 9.47 Å². The molecule has 0 spiro atoms. The molecule has 0 saturated carbocycles. The van der Waals surface area contributed by atoms with E-state index >= 15 is 0 Å². The molecule has 0 bridgehead atoms. The highest BCUT2D eigenvalue weighted by Gasteiger charge is 2.46. The summed E-state index contributed by atoms with van der Waals surface area (Å²) in [5, 5.41) is 1.53. The highest BCUT2D eigenvalue weighted by atomic mass is 79.9. The van der Waals surface area contributed by atoms with Crippen LogP contribution in [-0.2, 0) is 5.41 Å². The first kappa shape index (κ1) is 29.6. The maximum atomic E-state index is 6.30. The highest BCUT2D eigenvalue weighted by molar-refractivity contribution is 9.09. The van der Waals surface area contributed by atoms with Gasteiger partial charge in [0.05, 0.1) is 18.6 Å². The molecule has 0 heterocycles. The van der Waals surface area contributed by atoms with Crippen molar-refractivity contribution in [1.82, 2.24) is 0 Å². The van der Waals surface area contributed by atoms with Crippen LogP contribution in [0.3, 0.4) is 0 Å². The van der Waals surface area contributed by atoms with Crippen molar-refractivity contribution in [1.29, 1.82) is 0 Å². The van der Waals surface area contributed by atoms with Gasteiger partial charge in [0, 0.05) is 21.8 Å². The van der Waals surface area contributed by atoms with Crippen LogP contribution >= 0.6 is 31.9 Å². The number of halogens is 2. The second kappa shape index (κ2) is 13.1. The molecular weight excluding hydrogens is 684 g/mol. The Kier molecular flexibility index (Phi) is 8.60. The van der Waals surface area contributed by atoms with Gasteiger partial charge in [0.15, 0.2) is 0 Å². The smallest absolute Gasteiger partial charge is 0.127 e. The molecule has 1 aliphatic rings. The van der Waals surface area contributed by atoms with Crippen LogP contribution in [0, 0.1) is 0 Å². The molecule has 1 aliphatic carbocycles. The topological polar surface area (TPSA) is 18.5 Å². The van der Waals surface area contributed by atoms with Crippen LogP contribution in [0.4, 0.5) is 0 Å². The fourth-order valence-electron chi connectivity index (χ4n) is 6.79. The van der Waals surface area contributed by atoms with Crippen molar-refractivity contribution in [3.05, 3.63) is 168 Å². The Hall–Kier alpha value is -4.12. The quantitative estimate of drug-likeness (QED) is 0.131. The Labute approximate surface area is 281 Å². The first-order valence-electron chi connectivity index (χ1n) is 15.2. The molecule has 4 heteroatoms. The molecule has 222 valence electrons. The van der Waals surface area contributed by atoms with Crippen LogP contribution in [0.15, 0.2) is 146 Å². The van der Waals surface area contributed by atoms with Crippen LogP contribution in [0.1, 0.15) is 22.3 Å². The lowest BCUT2D eigenvalue weighted by molar-refractivity contribution is 0.346. The van der Waals surface area contributed by atoms with E-state index in [0.717, 1.165) is 44.4 Å². The molecule has 0 fully saturated rings. The zero-order valence-corrected chi connectivity index (χ0v) is 27.9. The van der Waals surface area contributed by atoms with E-state index in [2.05, 4.69) is 177 Å². The Bertz CT molecular complexity index is 1790. The van der Waals surface area contributed by atoms with Gasteiger partial charge in [-0.25, -0.2) is 0 Å². The predicted octanol–water partition coefficient (Wildman–Crippen LogP) is 10.9. The lowest BCUT2D eigenvalue weighted by atomic mass is 9.67. The summed E-state index contributed by atoms with van der Waals surface area (Å²) in [5.74, 6) is 1.75. The molecule has 0 atom stereocenters. The largest absolute Gasteiger partial charge is 0.492 e. The maximum Gasteiger partial charge on any atom is 0.127 e. The maximum absolute atomic E-state index is 6.30. The Morgan fingerprint density at radius 1 is 0.422 bits per heavy atom. The molecule has 45 heavy (non-hydrogen) atoms. The molecule has 0 radical (unpaired) electrons. The second-order valence-corrected chi connectivity index (χ2v) is 12.7. The van der Waals surface area contributed by atoms with Gasteiger partial charge >= 0.3 is 0 Å². The van der Waals surface area contributed by atoms with Crippen molar-refractivity contribution in [3.63, 3.8) is 0 Å². The van der Waals surface area contributed by atoms with Gasteiger partial charge in [0.1, 0.15) is 11.5 Å². The molecule has 0 amide bonds. The third-order valence-electron chi connectivity index (χ3n) is 8.62. The number of hydrogen-bond donors (Lipinski definition) is 0. The molecule has 6 aromatic carbocycles. The second-order valence-electron chi connectivity index (χ2n) is 11.1. The van der Waals surface area contributed by atoms with Gasteiger partial charge in [-0.15, -0.1) is 0 Å². The first-order valence-corrected chi connectivity index (χ1v) is 17.5. The zero-order chi connectivity index (χ0) is 30.6. The minimum atomic E-state index is -0.567. The highest BCUT2D eigenvalue weighted by Crippen LogP contribution is 2.57. The molecule has 0 N–H and O–H groups in total. The van der Waals surface area contributed by atoms with E-state index in [1.165, 1.54) is 33.4 Å². The van der Waals surface area contributed by atoms with Crippen LogP contribution < -0.4 is 9.47 Å². The van der Waals surface area contributed by atoms with Crippen molar-refractivity contribution in [2.24, 2.45) is 0 Å². The summed E-state index contributed by atoms with van der Waals surface area (Å²) < 4.78 is 12.6. The average Bonchev–Trinajstić information content (AvgIpc) is 3.41. The van der Waals surface area contributed by atoms with Crippen LogP contribution in [0.25, 0.3) is 33.4 Å². The monoisotopic (exact) mass is 714 g/mol. The van der Waals surface area contributed by atoms with Gasteiger partial charge in [-0.1, -0.05) is 153 Å². The van der Waals surface area contributed by atoms with Gasteiger partial charge in [0.2, 0.25) is 0 Å². The number of rotatable bonds is 10. The van der Waals surface area contributed by atoms with Crippen molar-refractivity contribution in [3.8, 4) is 44.9 Å². The van der Waals surface area contributed by atoms with Crippen LogP contribution in [0.2, 0.25) is 0 Å². The van der Waals surface area contributed by atoms with E-state index in [4.69, 9.17) is 9.47 Å². The van der Waals surface area contributed by atoms with Gasteiger partial charge in [-0.05, 0) is 68.8 Å². The van der Waals surface area contributed by atoms with E-state index in [9.17, 15) is 0 Å². The Morgan fingerprint density at radius 2 is 0.822 bits per heavy atom. The Balaban J connectivity index is 1.55. The van der Waals surface area contributed by atoms with Gasteiger partial charge < -0.3 is 9.47 Å². The zero-order valence-electron chi connectivity index (χ0n) is 24.8. The molecule has 0 unspecified atom stereocenters. The molecule has 6 aromatic rings. The summed E-state index contributed by atoms with van der Waals surface area (Å²) in [5.41, 5.74) is 11.3. The number of hydrogen-bond acceptors (Lipinski definition) is 2. The fourth-order valence-corrected chi connectivity index (χ4v) is 7.11.